The Kier molecular flexibility index (Phi) is 7.40. The highest BCUT2D eigenvalue weighted by Gasteiger charge is 2.30. The normalized spacial score (nSPS) is 11.2. The van der Waals surface area contributed by atoms with Gasteiger partial charge >= 0.3 is 18.4 Å². The molecule has 2 aromatic carbocycles. The number of ether oxygens (including phenoxy) is 1. The summed E-state index contributed by atoms with van der Waals surface area (Å²) in [7, 11) is 0. The van der Waals surface area contributed by atoms with Gasteiger partial charge in [-0.25, -0.2) is 9.59 Å². The van der Waals surface area contributed by atoms with Gasteiger partial charge in [-0.2, -0.15) is 33.6 Å². The summed E-state index contributed by atoms with van der Waals surface area (Å²) in [5, 5.41) is 26.7. The first kappa shape index (κ1) is 25.9. The fourth-order valence-electron chi connectivity index (χ4n) is 3.34. The van der Waals surface area contributed by atoms with Crippen LogP contribution in [-0.2, 0) is 17.4 Å². The van der Waals surface area contributed by atoms with Crippen LogP contribution in [0.25, 0.3) is 11.0 Å². The van der Waals surface area contributed by atoms with E-state index in [4.69, 9.17) is 5.11 Å². The number of rotatable bonds is 8. The minimum atomic E-state index is -4.52. The predicted molar refractivity (Wildman–Crippen MR) is 127 cm³/mol. The number of anilines is 3. The van der Waals surface area contributed by atoms with E-state index in [0.717, 1.165) is 24.3 Å². The molecule has 0 radical (unpaired) electrons. The van der Waals surface area contributed by atoms with Crippen LogP contribution in [0.15, 0.2) is 42.5 Å². The average Bonchev–Trinajstić information content (AvgIpc) is 3.44. The van der Waals surface area contributed by atoms with Crippen LogP contribution >= 0.6 is 0 Å². The number of imidazole rings is 1. The van der Waals surface area contributed by atoms with E-state index >= 15 is 0 Å². The van der Waals surface area contributed by atoms with Crippen molar-refractivity contribution in [1.29, 1.82) is 0 Å². The fraction of sp³-hybridized carbons (Fsp3) is 0.182. The van der Waals surface area contributed by atoms with E-state index in [-0.39, 0.29) is 36.1 Å². The summed E-state index contributed by atoms with van der Waals surface area (Å²) in [6.45, 7) is 0. The zero-order valence-corrected chi connectivity index (χ0v) is 19.2. The molecule has 4 rings (SSSR count). The molecular formula is C22H19F3N8O5. The number of urea groups is 1. The van der Waals surface area contributed by atoms with Gasteiger partial charge < -0.3 is 25.5 Å². The van der Waals surface area contributed by atoms with Gasteiger partial charge in [-0.05, 0) is 48.9 Å². The molecular weight excluding hydrogens is 513 g/mol. The molecule has 0 atom stereocenters. The number of hydrogen-bond acceptors (Lipinski definition) is 7. The number of carboxylic acid groups (broad SMARTS) is 1. The molecule has 0 bridgehead atoms. The minimum Gasteiger partial charge on any atom is -0.449 e. The van der Waals surface area contributed by atoms with Crippen LogP contribution in [0.3, 0.4) is 0 Å². The van der Waals surface area contributed by atoms with Crippen molar-refractivity contribution in [2.75, 3.05) is 16.0 Å². The fourth-order valence-corrected chi connectivity index (χ4v) is 3.34. The number of aromatic amines is 2. The summed E-state index contributed by atoms with van der Waals surface area (Å²) < 4.78 is 42.7. The van der Waals surface area contributed by atoms with Crippen molar-refractivity contribution in [1.82, 2.24) is 25.4 Å². The van der Waals surface area contributed by atoms with Crippen molar-refractivity contribution < 1.29 is 37.4 Å². The van der Waals surface area contributed by atoms with Crippen LogP contribution in [-0.4, -0.2) is 48.6 Å². The van der Waals surface area contributed by atoms with Gasteiger partial charge in [0.25, 0.3) is 5.88 Å². The van der Waals surface area contributed by atoms with Crippen LogP contribution in [0.4, 0.5) is 40.0 Å². The number of nitrogens with zero attached hydrogens (tertiary/aromatic N) is 3. The number of hydrogen-bond donors (Lipinski definition) is 6. The third-order valence-corrected chi connectivity index (χ3v) is 5.03. The quantitative estimate of drug-likeness (QED) is 0.181. The molecule has 2 heterocycles. The first-order chi connectivity index (χ1) is 18.1. The second-order valence-corrected chi connectivity index (χ2v) is 7.81. The molecule has 0 unspecified atom stereocenters. The highest BCUT2D eigenvalue weighted by atomic mass is 19.4. The summed E-state index contributed by atoms with van der Waals surface area (Å²) in [6.07, 6.45) is -5.59. The smallest absolute Gasteiger partial charge is 0.449 e. The molecule has 0 aliphatic heterocycles. The van der Waals surface area contributed by atoms with E-state index in [1.807, 2.05) is 0 Å². The maximum Gasteiger partial charge on any atom is 0.512 e. The molecule has 2 aromatic heterocycles. The van der Waals surface area contributed by atoms with Crippen LogP contribution in [0, 0.1) is 0 Å². The lowest BCUT2D eigenvalue weighted by Crippen LogP contribution is -2.20. The molecule has 13 nitrogen and oxygen atoms in total. The Balaban J connectivity index is 1.33. The average molecular weight is 532 g/mol. The molecule has 0 spiro atoms. The molecule has 6 N–H and O–H groups in total. The largest absolute Gasteiger partial charge is 0.512 e. The number of H-pyrrole nitrogens is 2. The monoisotopic (exact) mass is 532 g/mol. The maximum absolute atomic E-state index is 12.7. The topological polar surface area (TPSA) is 187 Å². The first-order valence-electron chi connectivity index (χ1n) is 10.9. The van der Waals surface area contributed by atoms with Gasteiger partial charge in [0.2, 0.25) is 5.91 Å². The number of halogens is 3. The second kappa shape index (κ2) is 10.9. The number of amides is 3. The van der Waals surface area contributed by atoms with Crippen LogP contribution in [0.2, 0.25) is 0 Å². The lowest BCUT2D eigenvalue weighted by atomic mass is 10.2. The van der Waals surface area contributed by atoms with Crippen molar-refractivity contribution in [2.24, 2.45) is 0 Å². The zero-order valence-electron chi connectivity index (χ0n) is 19.2. The molecule has 0 aliphatic rings. The van der Waals surface area contributed by atoms with Crippen LogP contribution < -0.4 is 20.7 Å². The van der Waals surface area contributed by atoms with Crippen molar-refractivity contribution >= 4 is 46.3 Å². The molecule has 4 aromatic rings. The number of aromatic nitrogens is 5. The van der Waals surface area contributed by atoms with Crippen LogP contribution in [0.5, 0.6) is 5.88 Å². The van der Waals surface area contributed by atoms with E-state index in [9.17, 15) is 27.6 Å². The van der Waals surface area contributed by atoms with Crippen molar-refractivity contribution in [3.63, 3.8) is 0 Å². The number of aryl methyl sites for hydroxylation is 1. The molecule has 0 fully saturated rings. The Morgan fingerprint density at radius 1 is 0.947 bits per heavy atom. The molecule has 3 amide bonds. The van der Waals surface area contributed by atoms with E-state index in [0.29, 0.717) is 23.1 Å². The Hall–Kier alpha value is -5.15. The van der Waals surface area contributed by atoms with Gasteiger partial charge in [-0.15, -0.1) is 0 Å². The summed E-state index contributed by atoms with van der Waals surface area (Å²) in [4.78, 5) is 42.3. The van der Waals surface area contributed by atoms with Crippen LogP contribution in [0.1, 0.15) is 24.2 Å². The summed E-state index contributed by atoms with van der Waals surface area (Å²) in [5.41, 5.74) is 0.953. The van der Waals surface area contributed by atoms with E-state index in [1.54, 1.807) is 18.2 Å². The number of nitrogens with one attached hydrogen (secondary N) is 5. The van der Waals surface area contributed by atoms with Gasteiger partial charge in [-0.1, -0.05) is 0 Å². The Bertz CT molecular complexity index is 1470. The minimum absolute atomic E-state index is 0.0599. The SMILES string of the molecule is O=C(CCCc1nc(OC(=O)O)c(NC(=O)Nc2ccc(C(F)(F)F)cc2)[nH]1)Nc1ccc2n[nH]nc2c1. The number of fused-ring (bicyclic) bond motifs is 1. The summed E-state index contributed by atoms with van der Waals surface area (Å²) in [6, 6.07) is 7.86. The number of benzene rings is 2. The predicted octanol–water partition coefficient (Wildman–Crippen LogP) is 4.36. The highest BCUT2D eigenvalue weighted by molar-refractivity contribution is 6.00. The Labute approximate surface area is 210 Å². The van der Waals surface area contributed by atoms with Crippen molar-refractivity contribution in [2.45, 2.75) is 25.4 Å². The lowest BCUT2D eigenvalue weighted by molar-refractivity contribution is -0.137. The zero-order chi connectivity index (χ0) is 27.3. The van der Waals surface area contributed by atoms with E-state index in [2.05, 4.69) is 46.1 Å². The molecule has 16 heteroatoms. The Morgan fingerprint density at radius 3 is 2.37 bits per heavy atom. The van der Waals surface area contributed by atoms with Crippen molar-refractivity contribution in [3.8, 4) is 5.88 Å². The maximum atomic E-state index is 12.7. The van der Waals surface area contributed by atoms with E-state index < -0.39 is 29.8 Å². The standard InChI is InChI=1S/C22H19F3N8O5/c23-22(24,25)11-4-6-12(7-5-11)27-20(35)30-18-19(38-21(36)37)29-16(28-18)2-1-3-17(34)26-13-8-9-14-15(10-13)32-33-31-14/h4-10H,1-3H2,(H,26,34)(H,28,29)(H,36,37)(H2,27,30,35)(H,31,32,33). The van der Waals surface area contributed by atoms with Gasteiger partial charge in [0, 0.05) is 24.2 Å². The number of alkyl halides is 3. The van der Waals surface area contributed by atoms with E-state index in [1.165, 1.54) is 0 Å². The molecule has 0 saturated heterocycles. The number of carbonyl (C=O) groups excluding carboxylic acids is 2. The van der Waals surface area contributed by atoms with Gasteiger partial charge in [0.05, 0.1) is 5.56 Å². The van der Waals surface area contributed by atoms with Crippen molar-refractivity contribution in [3.05, 3.63) is 53.9 Å². The van der Waals surface area contributed by atoms with Gasteiger partial charge in [-0.3, -0.25) is 10.1 Å². The molecule has 198 valence electrons. The highest BCUT2D eigenvalue weighted by Crippen LogP contribution is 2.30. The third-order valence-electron chi connectivity index (χ3n) is 5.03. The second-order valence-electron chi connectivity index (χ2n) is 7.81. The van der Waals surface area contributed by atoms with Gasteiger partial charge in [0.15, 0.2) is 5.82 Å². The first-order valence-corrected chi connectivity index (χ1v) is 10.9. The lowest BCUT2D eigenvalue weighted by Gasteiger charge is -2.09. The summed E-state index contributed by atoms with van der Waals surface area (Å²) >= 11 is 0. The summed E-state index contributed by atoms with van der Waals surface area (Å²) in [5.74, 6) is -0.698. The molecule has 0 saturated carbocycles. The molecule has 38 heavy (non-hydrogen) atoms. The molecule has 0 aliphatic carbocycles. The van der Waals surface area contributed by atoms with Gasteiger partial charge in [0.1, 0.15) is 16.9 Å². The third kappa shape index (κ3) is 6.74. The number of carbonyl (C=O) groups is 3. The Morgan fingerprint density at radius 2 is 1.66 bits per heavy atom.